The third kappa shape index (κ3) is 4.12. The normalized spacial score (nSPS) is 10.2. The first-order chi connectivity index (χ1) is 9.99. The van der Waals surface area contributed by atoms with Gasteiger partial charge in [-0.15, -0.1) is 0 Å². The van der Waals surface area contributed by atoms with Crippen molar-refractivity contribution in [1.82, 2.24) is 0 Å². The first kappa shape index (κ1) is 15.7. The summed E-state index contributed by atoms with van der Waals surface area (Å²) in [6, 6.07) is 10.5. The number of halogens is 2. The Bertz CT molecular complexity index is 659. The Morgan fingerprint density at radius 3 is 2.62 bits per heavy atom. The zero-order valence-electron chi connectivity index (χ0n) is 11.3. The maximum absolute atomic E-state index is 12.1. The van der Waals surface area contributed by atoms with Crippen LogP contribution in [0.25, 0.3) is 0 Å². The Balaban J connectivity index is 2.14. The summed E-state index contributed by atoms with van der Waals surface area (Å²) in [7, 11) is 1.53. The molecule has 1 amide bonds. The van der Waals surface area contributed by atoms with E-state index in [-0.39, 0.29) is 12.3 Å². The van der Waals surface area contributed by atoms with Gasteiger partial charge in [0.1, 0.15) is 0 Å². The molecule has 0 aliphatic carbocycles. The number of nitrogens with one attached hydrogen (secondary N) is 1. The average Bonchev–Trinajstić information content (AvgIpc) is 2.41. The molecule has 0 atom stereocenters. The van der Waals surface area contributed by atoms with Crippen molar-refractivity contribution in [2.24, 2.45) is 0 Å². The Morgan fingerprint density at radius 1 is 1.33 bits per heavy atom. The number of methoxy groups -OCH3 is 1. The zero-order valence-corrected chi connectivity index (χ0v) is 13.7. The molecule has 2 aromatic rings. The number of hydrogen-bond donors (Lipinski definition) is 2. The molecule has 0 aliphatic rings. The number of nitrogen functional groups attached to an aromatic ring is 1. The minimum atomic E-state index is -0.160. The van der Waals surface area contributed by atoms with Crippen LogP contribution in [0.15, 0.2) is 40.9 Å². The number of hydrogen-bond acceptors (Lipinski definition) is 3. The third-order valence-corrected chi connectivity index (χ3v) is 3.64. The molecule has 0 saturated heterocycles. The smallest absolute Gasteiger partial charge is 0.228 e. The molecular formula is C15H14BrClN2O2. The van der Waals surface area contributed by atoms with Gasteiger partial charge in [0.15, 0.2) is 5.75 Å². The molecule has 0 aromatic heterocycles. The van der Waals surface area contributed by atoms with Crippen molar-refractivity contribution >= 4 is 44.8 Å². The van der Waals surface area contributed by atoms with E-state index < -0.39 is 0 Å². The monoisotopic (exact) mass is 368 g/mol. The van der Waals surface area contributed by atoms with Crippen LogP contribution in [0.4, 0.5) is 11.4 Å². The summed E-state index contributed by atoms with van der Waals surface area (Å²) in [4.78, 5) is 12.1. The van der Waals surface area contributed by atoms with Gasteiger partial charge in [-0.2, -0.15) is 0 Å². The summed E-state index contributed by atoms with van der Waals surface area (Å²) >= 11 is 9.34. The van der Waals surface area contributed by atoms with E-state index in [0.717, 1.165) is 5.56 Å². The zero-order chi connectivity index (χ0) is 15.4. The molecule has 0 saturated carbocycles. The van der Waals surface area contributed by atoms with E-state index in [4.69, 9.17) is 22.1 Å². The van der Waals surface area contributed by atoms with E-state index in [1.165, 1.54) is 7.11 Å². The van der Waals surface area contributed by atoms with Crippen molar-refractivity contribution in [3.8, 4) is 5.75 Å². The van der Waals surface area contributed by atoms with Crippen molar-refractivity contribution in [3.63, 3.8) is 0 Å². The highest BCUT2D eigenvalue weighted by Gasteiger charge is 2.12. The Labute approximate surface area is 136 Å². The quantitative estimate of drug-likeness (QED) is 0.804. The highest BCUT2D eigenvalue weighted by atomic mass is 79.9. The summed E-state index contributed by atoms with van der Waals surface area (Å²) in [6.07, 6.45) is 0.244. The fourth-order valence-electron chi connectivity index (χ4n) is 1.88. The number of anilines is 2. The van der Waals surface area contributed by atoms with E-state index in [1.807, 2.05) is 12.1 Å². The first-order valence-electron chi connectivity index (χ1n) is 6.17. The van der Waals surface area contributed by atoms with Crippen LogP contribution in [-0.4, -0.2) is 13.0 Å². The Kier molecular flexibility index (Phi) is 5.09. The van der Waals surface area contributed by atoms with E-state index in [1.54, 1.807) is 24.3 Å². The van der Waals surface area contributed by atoms with Crippen LogP contribution >= 0.6 is 27.5 Å². The lowest BCUT2D eigenvalue weighted by Crippen LogP contribution is -2.15. The molecule has 0 radical (unpaired) electrons. The average molecular weight is 370 g/mol. The van der Waals surface area contributed by atoms with Gasteiger partial charge in [0.25, 0.3) is 0 Å². The summed E-state index contributed by atoms with van der Waals surface area (Å²) in [6.45, 7) is 0. The lowest BCUT2D eigenvalue weighted by atomic mass is 10.1. The number of carbonyl (C=O) groups excluding carboxylic acids is 1. The van der Waals surface area contributed by atoms with E-state index >= 15 is 0 Å². The number of ether oxygens (including phenoxy) is 1. The van der Waals surface area contributed by atoms with Crippen LogP contribution in [0.5, 0.6) is 5.75 Å². The van der Waals surface area contributed by atoms with Gasteiger partial charge in [0.05, 0.1) is 23.7 Å². The van der Waals surface area contributed by atoms with Gasteiger partial charge in [0.2, 0.25) is 5.91 Å². The van der Waals surface area contributed by atoms with Crippen LogP contribution in [0.1, 0.15) is 5.56 Å². The van der Waals surface area contributed by atoms with Crippen molar-refractivity contribution < 1.29 is 9.53 Å². The van der Waals surface area contributed by atoms with Gasteiger partial charge < -0.3 is 15.8 Å². The third-order valence-electron chi connectivity index (χ3n) is 2.83. The Morgan fingerprint density at radius 2 is 2.00 bits per heavy atom. The fourth-order valence-corrected chi connectivity index (χ4v) is 2.85. The van der Waals surface area contributed by atoms with Crippen LogP contribution in [0.2, 0.25) is 5.02 Å². The maximum atomic E-state index is 12.1. The van der Waals surface area contributed by atoms with Gasteiger partial charge in [-0.05, 0) is 45.8 Å². The molecule has 110 valence electrons. The summed E-state index contributed by atoms with van der Waals surface area (Å²) < 4.78 is 5.94. The van der Waals surface area contributed by atoms with E-state index in [0.29, 0.717) is 26.6 Å². The van der Waals surface area contributed by atoms with Gasteiger partial charge in [0, 0.05) is 10.7 Å². The largest absolute Gasteiger partial charge is 0.493 e. The van der Waals surface area contributed by atoms with E-state index in [2.05, 4.69) is 21.2 Å². The fraction of sp³-hybridized carbons (Fsp3) is 0.133. The maximum Gasteiger partial charge on any atom is 0.228 e. The topological polar surface area (TPSA) is 64.3 Å². The second kappa shape index (κ2) is 6.83. The summed E-state index contributed by atoms with van der Waals surface area (Å²) in [5.41, 5.74) is 7.68. The van der Waals surface area contributed by atoms with Crippen LogP contribution < -0.4 is 15.8 Å². The number of rotatable bonds is 4. The number of benzene rings is 2. The predicted molar refractivity (Wildman–Crippen MR) is 88.9 cm³/mol. The molecule has 0 fully saturated rings. The molecule has 2 aromatic carbocycles. The van der Waals surface area contributed by atoms with E-state index in [9.17, 15) is 4.79 Å². The number of nitrogens with two attached hydrogens (primary N) is 1. The van der Waals surface area contributed by atoms with Gasteiger partial charge >= 0.3 is 0 Å². The molecule has 0 bridgehead atoms. The molecule has 6 heteroatoms. The molecule has 0 heterocycles. The van der Waals surface area contributed by atoms with Crippen LogP contribution in [0.3, 0.4) is 0 Å². The van der Waals surface area contributed by atoms with Crippen molar-refractivity contribution in [1.29, 1.82) is 0 Å². The number of amides is 1. The van der Waals surface area contributed by atoms with Gasteiger partial charge in [-0.25, -0.2) is 0 Å². The second-order valence-corrected chi connectivity index (χ2v) is 5.73. The molecule has 3 N–H and O–H groups in total. The first-order valence-corrected chi connectivity index (χ1v) is 7.34. The minimum absolute atomic E-state index is 0.160. The molecule has 2 rings (SSSR count). The number of carbonyl (C=O) groups is 1. The molecule has 0 spiro atoms. The van der Waals surface area contributed by atoms with Gasteiger partial charge in [-0.1, -0.05) is 23.7 Å². The predicted octanol–water partition coefficient (Wildman–Crippen LogP) is 3.87. The van der Waals surface area contributed by atoms with Crippen LogP contribution in [0, 0.1) is 0 Å². The molecule has 0 aliphatic heterocycles. The van der Waals surface area contributed by atoms with Crippen molar-refractivity contribution in [2.75, 3.05) is 18.2 Å². The molecule has 0 unspecified atom stereocenters. The second-order valence-electron chi connectivity index (χ2n) is 4.43. The Hall–Kier alpha value is -1.72. The summed E-state index contributed by atoms with van der Waals surface area (Å²) in [5, 5.41) is 3.30. The summed E-state index contributed by atoms with van der Waals surface area (Å²) in [5.74, 6) is 0.372. The standard InChI is InChI=1S/C15H14BrClN2O2/c1-21-15-12(16)7-10(17)8-13(15)19-14(20)6-9-2-4-11(18)5-3-9/h2-5,7-8H,6,18H2,1H3,(H,19,20). The molecule has 21 heavy (non-hydrogen) atoms. The van der Waals surface area contributed by atoms with Crippen LogP contribution in [-0.2, 0) is 11.2 Å². The lowest BCUT2D eigenvalue weighted by molar-refractivity contribution is -0.115. The van der Waals surface area contributed by atoms with Crippen molar-refractivity contribution in [2.45, 2.75) is 6.42 Å². The SMILES string of the molecule is COc1c(Br)cc(Cl)cc1NC(=O)Cc1ccc(N)cc1. The highest BCUT2D eigenvalue weighted by molar-refractivity contribution is 9.10. The van der Waals surface area contributed by atoms with Gasteiger partial charge in [-0.3, -0.25) is 4.79 Å². The lowest BCUT2D eigenvalue weighted by Gasteiger charge is -2.12. The minimum Gasteiger partial charge on any atom is -0.493 e. The van der Waals surface area contributed by atoms with Crippen molar-refractivity contribution in [3.05, 3.63) is 51.5 Å². The molecular weight excluding hydrogens is 356 g/mol. The highest BCUT2D eigenvalue weighted by Crippen LogP contribution is 2.36. The molecule has 4 nitrogen and oxygen atoms in total.